The molecule has 60 heavy (non-hydrogen) atoms. The van der Waals surface area contributed by atoms with E-state index in [2.05, 4.69) is 76.7 Å². The molecular formula is C45H50N12O3. The van der Waals surface area contributed by atoms with Crippen LogP contribution in [0.3, 0.4) is 0 Å². The molecule has 4 saturated heterocycles. The second kappa shape index (κ2) is 16.1. The molecule has 1 unspecified atom stereocenters. The Morgan fingerprint density at radius 1 is 0.900 bits per heavy atom. The molecule has 10 rings (SSSR count). The van der Waals surface area contributed by atoms with Crippen molar-refractivity contribution >= 4 is 62.3 Å². The van der Waals surface area contributed by atoms with Gasteiger partial charge in [-0.25, -0.2) is 9.59 Å². The summed E-state index contributed by atoms with van der Waals surface area (Å²) >= 11 is 0. The van der Waals surface area contributed by atoms with Gasteiger partial charge < -0.3 is 25.3 Å². The van der Waals surface area contributed by atoms with Crippen LogP contribution in [0.5, 0.6) is 0 Å². The molecule has 1 atom stereocenters. The number of likely N-dealkylation sites (tertiary alicyclic amines) is 1. The summed E-state index contributed by atoms with van der Waals surface area (Å²) in [6.07, 6.45) is 14.7. The first-order valence-electron chi connectivity index (χ1n) is 21.5. The van der Waals surface area contributed by atoms with Crippen molar-refractivity contribution in [3.63, 3.8) is 0 Å². The van der Waals surface area contributed by atoms with E-state index in [-0.39, 0.29) is 11.8 Å². The normalized spacial score (nSPS) is 19.9. The summed E-state index contributed by atoms with van der Waals surface area (Å²) in [4.78, 5) is 44.2. The largest absolute Gasteiger partial charge is 0.371 e. The number of hydrogen-bond donors (Lipinski definition) is 2. The minimum absolute atomic E-state index is 0.201. The van der Waals surface area contributed by atoms with E-state index in [4.69, 9.17) is 10.2 Å². The van der Waals surface area contributed by atoms with Gasteiger partial charge in [-0.05, 0) is 106 Å². The molecule has 0 radical (unpaired) electrons. The number of fused-ring (bicyclic) bond motifs is 3. The summed E-state index contributed by atoms with van der Waals surface area (Å²) in [6.45, 7) is 7.18. The van der Waals surface area contributed by atoms with Gasteiger partial charge in [0, 0.05) is 81.7 Å². The first-order valence-corrected chi connectivity index (χ1v) is 21.5. The van der Waals surface area contributed by atoms with Crippen molar-refractivity contribution in [2.75, 3.05) is 60.9 Å². The maximum atomic E-state index is 13.7. The van der Waals surface area contributed by atoms with Crippen LogP contribution in [-0.4, -0.2) is 103 Å². The van der Waals surface area contributed by atoms with Crippen LogP contribution in [0.25, 0.3) is 27.5 Å². The molecule has 1 amide bonds. The third-order valence-corrected chi connectivity index (χ3v) is 13.3. The number of nitrogens with zero attached hydrogens (tertiary/aromatic N) is 10. The number of carbonyl (C=O) groups is 1. The van der Waals surface area contributed by atoms with Gasteiger partial charge in [-0.3, -0.25) is 18.6 Å². The van der Waals surface area contributed by atoms with Gasteiger partial charge >= 0.3 is 0 Å². The number of pyridine rings is 1. The summed E-state index contributed by atoms with van der Waals surface area (Å²) in [5, 5.41) is 26.4. The van der Waals surface area contributed by atoms with Crippen molar-refractivity contribution in [3.05, 3.63) is 83.8 Å². The van der Waals surface area contributed by atoms with Gasteiger partial charge in [-0.1, -0.05) is 0 Å². The molecule has 8 heterocycles. The van der Waals surface area contributed by atoms with Gasteiger partial charge in [-0.15, -0.1) is 10.2 Å². The molecule has 0 spiro atoms. The smallest absolute Gasteiger partial charge is 0.259 e. The number of nitrogens with one attached hydrogen (secondary N) is 2. The highest BCUT2D eigenvalue weighted by Gasteiger charge is 2.31. The second-order valence-electron chi connectivity index (χ2n) is 17.0. The highest BCUT2D eigenvalue weighted by molar-refractivity contribution is 6.10. The Labute approximate surface area is 347 Å². The number of amides is 1. The van der Waals surface area contributed by atoms with E-state index in [0.717, 1.165) is 123 Å². The highest BCUT2D eigenvalue weighted by Crippen LogP contribution is 2.38. The molecular weight excluding hydrogens is 757 g/mol. The molecule has 0 saturated carbocycles. The summed E-state index contributed by atoms with van der Waals surface area (Å²) < 4.78 is 5.84. The van der Waals surface area contributed by atoms with Crippen molar-refractivity contribution in [1.82, 2.24) is 44.4 Å². The fraction of sp³-hybridized carbons (Fsp3) is 0.444. The predicted octanol–water partition coefficient (Wildman–Crippen LogP) is 5.66. The molecule has 4 aliphatic rings. The Bertz CT molecular complexity index is 2680. The maximum absolute atomic E-state index is 13.7. The topological polar surface area (TPSA) is 151 Å². The average molecular weight is 807 g/mol. The highest BCUT2D eigenvalue weighted by atomic mass is 16.1. The van der Waals surface area contributed by atoms with Crippen molar-refractivity contribution < 1.29 is 14.4 Å². The number of aromatic nitrogens is 7. The van der Waals surface area contributed by atoms with E-state index < -0.39 is 0 Å². The van der Waals surface area contributed by atoms with Crippen molar-refractivity contribution in [2.24, 2.45) is 13.0 Å². The summed E-state index contributed by atoms with van der Waals surface area (Å²) in [7, 11) is 1.95. The van der Waals surface area contributed by atoms with E-state index in [0.29, 0.717) is 47.4 Å². The van der Waals surface area contributed by atoms with E-state index in [1.165, 1.54) is 12.1 Å². The quantitative estimate of drug-likeness (QED) is 0.184. The lowest BCUT2D eigenvalue weighted by Crippen LogP contribution is -2.42. The number of carbonyl (C=O) groups excluding carboxylic acids is 3. The fourth-order valence-corrected chi connectivity index (χ4v) is 10.0. The van der Waals surface area contributed by atoms with Crippen LogP contribution in [0.2, 0.25) is 0 Å². The lowest BCUT2D eigenvalue weighted by molar-refractivity contribution is 0.102. The van der Waals surface area contributed by atoms with Crippen molar-refractivity contribution in [1.29, 1.82) is 0 Å². The van der Waals surface area contributed by atoms with Gasteiger partial charge in [0.25, 0.3) is 5.91 Å². The number of benzene rings is 2. The third-order valence-electron chi connectivity index (χ3n) is 13.3. The Morgan fingerprint density at radius 2 is 1.73 bits per heavy atom. The molecule has 0 bridgehead atoms. The van der Waals surface area contributed by atoms with Gasteiger partial charge in [-0.2, -0.15) is 10.2 Å². The molecule has 6 aromatic rings. The molecule has 4 aromatic heterocycles. The van der Waals surface area contributed by atoms with Gasteiger partial charge in [0.15, 0.2) is 5.65 Å². The van der Waals surface area contributed by atoms with Crippen LogP contribution >= 0.6 is 0 Å². The lowest BCUT2D eigenvalue weighted by atomic mass is 9.90. The van der Waals surface area contributed by atoms with E-state index in [1.807, 2.05) is 35.9 Å². The summed E-state index contributed by atoms with van der Waals surface area (Å²) in [5.41, 5.74) is 7.63. The van der Waals surface area contributed by atoms with Crippen LogP contribution in [-0.2, 0) is 16.6 Å². The Kier molecular flexibility index (Phi) is 10.2. The monoisotopic (exact) mass is 806 g/mol. The SMILES string of the molecule is Cn1nc(C2CCC(=C=O)NC2=C=O)c2ccc(N3CCC(CN4CCC(n5cc6cc(NC(=O)c7cccn8cnnc78)c(N7CCCCC7)cc6n5)CC4)CC3)cc21. The molecule has 4 aliphatic heterocycles. The van der Waals surface area contributed by atoms with Gasteiger partial charge in [0.1, 0.15) is 29.6 Å². The van der Waals surface area contributed by atoms with E-state index in [9.17, 15) is 14.4 Å². The maximum Gasteiger partial charge on any atom is 0.259 e. The number of hydrogen-bond acceptors (Lipinski definition) is 11. The average Bonchev–Trinajstić information content (AvgIpc) is 4.03. The zero-order valence-electron chi connectivity index (χ0n) is 34.0. The fourth-order valence-electron chi connectivity index (χ4n) is 10.0. The lowest BCUT2D eigenvalue weighted by Gasteiger charge is -2.38. The Balaban J connectivity index is 0.767. The van der Waals surface area contributed by atoms with E-state index in [1.54, 1.807) is 16.8 Å². The van der Waals surface area contributed by atoms with Crippen LogP contribution in [0, 0.1) is 5.92 Å². The zero-order chi connectivity index (χ0) is 40.7. The van der Waals surface area contributed by atoms with Gasteiger partial charge in [0.2, 0.25) is 0 Å². The molecule has 15 heteroatoms. The standard InChI is InChI=1S/C45H50N12O3/c1-52-41-23-34(8-10-36(41)43(51-52)35-9-7-32(27-58)47-40(35)28-59)54-20-11-30(12-21-54)25-53-18-13-33(14-19-53)57-26-31-22-39(42(24-38(31)50-57)55-15-3-2-4-16-55)48-45(60)37-6-5-17-56-29-46-49-44(37)56/h5-6,8,10,17,22-24,26,29-30,33,35,47H,2-4,7,9,11-16,18-21,25H2,1H3,(H,48,60). The zero-order valence-corrected chi connectivity index (χ0v) is 34.0. The van der Waals surface area contributed by atoms with Crippen LogP contribution in [0.1, 0.15) is 85.8 Å². The number of rotatable bonds is 8. The molecule has 2 N–H and O–H groups in total. The number of piperidine rings is 4. The van der Waals surface area contributed by atoms with E-state index >= 15 is 0 Å². The number of allylic oxidation sites excluding steroid dienone is 2. The summed E-state index contributed by atoms with van der Waals surface area (Å²) in [6, 6.07) is 14.8. The van der Waals surface area contributed by atoms with Crippen molar-refractivity contribution in [3.8, 4) is 0 Å². The van der Waals surface area contributed by atoms with Gasteiger partial charge in [0.05, 0.1) is 45.6 Å². The molecule has 0 aliphatic carbocycles. The van der Waals surface area contributed by atoms with Crippen LogP contribution in [0.4, 0.5) is 17.1 Å². The van der Waals surface area contributed by atoms with Crippen molar-refractivity contribution in [2.45, 2.75) is 69.7 Å². The van der Waals surface area contributed by atoms with Crippen LogP contribution in [0.15, 0.2) is 72.6 Å². The number of aryl methyl sites for hydroxylation is 1. The first-order chi connectivity index (χ1) is 29.4. The third kappa shape index (κ3) is 7.23. The minimum Gasteiger partial charge on any atom is -0.371 e. The predicted molar refractivity (Wildman–Crippen MR) is 231 cm³/mol. The first kappa shape index (κ1) is 38.0. The number of anilines is 3. The molecule has 15 nitrogen and oxygen atoms in total. The molecule has 308 valence electrons. The Hall–Kier alpha value is -6.27. The minimum atomic E-state index is -0.227. The second-order valence-corrected chi connectivity index (χ2v) is 17.0. The molecule has 4 fully saturated rings. The summed E-state index contributed by atoms with van der Waals surface area (Å²) in [5.74, 6) is 4.13. The molecule has 2 aromatic carbocycles. The Morgan fingerprint density at radius 3 is 2.53 bits per heavy atom. The van der Waals surface area contributed by atoms with Crippen LogP contribution < -0.4 is 20.4 Å².